The largest absolute Gasteiger partial charge is 0.355 e. The average Bonchev–Trinajstić information content (AvgIpc) is 3.33. The Morgan fingerprint density at radius 1 is 1.05 bits per heavy atom. The van der Waals surface area contributed by atoms with Crippen molar-refractivity contribution in [2.75, 3.05) is 19.6 Å². The smallest absolute Gasteiger partial charge is 0.227 e. The number of likely N-dealkylation sites (tertiary alicyclic amines) is 1. The lowest BCUT2D eigenvalue weighted by atomic mass is 9.95. The van der Waals surface area contributed by atoms with Crippen LogP contribution in [0.1, 0.15) is 38.5 Å². The standard InChI is InChI=1S/C15H23N3O3/c19-13-4-3-11(9-16-13)15(21)18-7-5-12(6-8-18)17-14(20)10-1-2-10/h10-12H,1-9H2,(H,16,19)(H,17,20). The fraction of sp³-hybridized carbons (Fsp3) is 0.800. The molecule has 116 valence electrons. The number of hydrogen-bond donors (Lipinski definition) is 2. The third-order valence-electron chi connectivity index (χ3n) is 4.72. The summed E-state index contributed by atoms with van der Waals surface area (Å²) in [5.74, 6) is 0.563. The van der Waals surface area contributed by atoms with Gasteiger partial charge in [-0.2, -0.15) is 0 Å². The summed E-state index contributed by atoms with van der Waals surface area (Å²) in [6.07, 6.45) is 4.83. The first-order valence-corrected chi connectivity index (χ1v) is 7.99. The van der Waals surface area contributed by atoms with E-state index in [4.69, 9.17) is 0 Å². The number of carbonyl (C=O) groups is 3. The molecule has 3 rings (SSSR count). The van der Waals surface area contributed by atoms with Crippen LogP contribution in [0.5, 0.6) is 0 Å². The van der Waals surface area contributed by atoms with Crippen LogP contribution in [-0.4, -0.2) is 48.3 Å². The maximum Gasteiger partial charge on any atom is 0.227 e. The van der Waals surface area contributed by atoms with E-state index in [1.54, 1.807) is 0 Å². The minimum Gasteiger partial charge on any atom is -0.355 e. The summed E-state index contributed by atoms with van der Waals surface area (Å²) in [6, 6.07) is 0.216. The van der Waals surface area contributed by atoms with Crippen LogP contribution in [0.2, 0.25) is 0 Å². The van der Waals surface area contributed by atoms with E-state index in [9.17, 15) is 14.4 Å². The minimum atomic E-state index is -0.0692. The van der Waals surface area contributed by atoms with Gasteiger partial charge in [-0.05, 0) is 32.1 Å². The Balaban J connectivity index is 1.43. The zero-order valence-corrected chi connectivity index (χ0v) is 12.3. The summed E-state index contributed by atoms with van der Waals surface area (Å²) in [4.78, 5) is 37.2. The first-order chi connectivity index (χ1) is 10.1. The highest BCUT2D eigenvalue weighted by atomic mass is 16.2. The summed E-state index contributed by atoms with van der Waals surface area (Å²) in [5.41, 5.74) is 0. The second-order valence-electron chi connectivity index (χ2n) is 6.42. The Hall–Kier alpha value is -1.59. The fourth-order valence-corrected chi connectivity index (χ4v) is 3.11. The fourth-order valence-electron chi connectivity index (χ4n) is 3.11. The average molecular weight is 293 g/mol. The van der Waals surface area contributed by atoms with E-state index in [1.807, 2.05) is 4.90 Å². The van der Waals surface area contributed by atoms with Crippen LogP contribution in [-0.2, 0) is 14.4 Å². The highest BCUT2D eigenvalue weighted by molar-refractivity contribution is 5.84. The SMILES string of the molecule is O=C1CCC(C(=O)N2CCC(NC(=O)C3CC3)CC2)CN1. The normalized spacial score (nSPS) is 27.1. The summed E-state index contributed by atoms with van der Waals surface area (Å²) in [6.45, 7) is 1.88. The van der Waals surface area contributed by atoms with Crippen molar-refractivity contribution in [3.8, 4) is 0 Å². The van der Waals surface area contributed by atoms with Crippen molar-refractivity contribution in [3.63, 3.8) is 0 Å². The van der Waals surface area contributed by atoms with Gasteiger partial charge in [0.15, 0.2) is 0 Å². The lowest BCUT2D eigenvalue weighted by molar-refractivity contribution is -0.138. The van der Waals surface area contributed by atoms with Crippen molar-refractivity contribution in [1.82, 2.24) is 15.5 Å². The first-order valence-electron chi connectivity index (χ1n) is 7.99. The van der Waals surface area contributed by atoms with Crippen LogP contribution in [0.25, 0.3) is 0 Å². The maximum atomic E-state index is 12.4. The van der Waals surface area contributed by atoms with E-state index in [0.29, 0.717) is 32.5 Å². The monoisotopic (exact) mass is 293 g/mol. The number of rotatable bonds is 3. The van der Waals surface area contributed by atoms with Crippen LogP contribution in [0.3, 0.4) is 0 Å². The summed E-state index contributed by atoms with van der Waals surface area (Å²) in [7, 11) is 0. The van der Waals surface area contributed by atoms with Crippen molar-refractivity contribution < 1.29 is 14.4 Å². The molecule has 0 aromatic rings. The molecule has 0 aromatic heterocycles. The van der Waals surface area contributed by atoms with Crippen LogP contribution in [0.4, 0.5) is 0 Å². The van der Waals surface area contributed by atoms with E-state index in [0.717, 1.165) is 25.7 Å². The van der Waals surface area contributed by atoms with E-state index in [1.165, 1.54) is 0 Å². The topological polar surface area (TPSA) is 78.5 Å². The molecule has 0 spiro atoms. The van der Waals surface area contributed by atoms with E-state index >= 15 is 0 Å². The molecular formula is C15H23N3O3. The van der Waals surface area contributed by atoms with Gasteiger partial charge in [0, 0.05) is 38.0 Å². The van der Waals surface area contributed by atoms with Gasteiger partial charge in [-0.1, -0.05) is 0 Å². The molecule has 0 bridgehead atoms. The van der Waals surface area contributed by atoms with Crippen LogP contribution >= 0.6 is 0 Å². The van der Waals surface area contributed by atoms with Gasteiger partial charge in [-0.25, -0.2) is 0 Å². The van der Waals surface area contributed by atoms with Crippen molar-refractivity contribution in [3.05, 3.63) is 0 Å². The Kier molecular flexibility index (Phi) is 4.12. The van der Waals surface area contributed by atoms with Gasteiger partial charge < -0.3 is 15.5 Å². The van der Waals surface area contributed by atoms with Crippen molar-refractivity contribution >= 4 is 17.7 Å². The number of nitrogens with zero attached hydrogens (tertiary/aromatic N) is 1. The molecule has 0 aromatic carbocycles. The second-order valence-corrected chi connectivity index (χ2v) is 6.42. The predicted octanol–water partition coefficient (Wildman–Crippen LogP) is 0.0298. The number of piperidine rings is 2. The molecule has 2 saturated heterocycles. The van der Waals surface area contributed by atoms with Gasteiger partial charge in [0.2, 0.25) is 17.7 Å². The lowest BCUT2D eigenvalue weighted by Gasteiger charge is -2.35. The van der Waals surface area contributed by atoms with Gasteiger partial charge in [-0.15, -0.1) is 0 Å². The van der Waals surface area contributed by atoms with Crippen LogP contribution in [0, 0.1) is 11.8 Å². The predicted molar refractivity (Wildman–Crippen MR) is 76.2 cm³/mol. The zero-order chi connectivity index (χ0) is 14.8. The molecule has 21 heavy (non-hydrogen) atoms. The van der Waals surface area contributed by atoms with Crippen LogP contribution in [0.15, 0.2) is 0 Å². The Morgan fingerprint density at radius 2 is 1.76 bits per heavy atom. The molecule has 6 nitrogen and oxygen atoms in total. The molecular weight excluding hydrogens is 270 g/mol. The molecule has 3 amide bonds. The van der Waals surface area contributed by atoms with Crippen molar-refractivity contribution in [1.29, 1.82) is 0 Å². The molecule has 2 heterocycles. The van der Waals surface area contributed by atoms with E-state index in [2.05, 4.69) is 10.6 Å². The Morgan fingerprint density at radius 3 is 2.33 bits per heavy atom. The molecule has 1 saturated carbocycles. The molecule has 3 aliphatic rings. The summed E-state index contributed by atoms with van der Waals surface area (Å²) < 4.78 is 0. The summed E-state index contributed by atoms with van der Waals surface area (Å²) in [5, 5.41) is 5.85. The summed E-state index contributed by atoms with van der Waals surface area (Å²) >= 11 is 0. The Bertz CT molecular complexity index is 429. The second kappa shape index (κ2) is 6.03. The van der Waals surface area contributed by atoms with E-state index in [-0.39, 0.29) is 35.6 Å². The highest BCUT2D eigenvalue weighted by Gasteiger charge is 2.34. The van der Waals surface area contributed by atoms with Crippen molar-refractivity contribution in [2.24, 2.45) is 11.8 Å². The number of hydrogen-bond acceptors (Lipinski definition) is 3. The maximum absolute atomic E-state index is 12.4. The Labute approximate surface area is 124 Å². The molecule has 1 unspecified atom stereocenters. The number of amides is 3. The van der Waals surface area contributed by atoms with Gasteiger partial charge in [0.1, 0.15) is 0 Å². The molecule has 1 aliphatic carbocycles. The molecule has 2 aliphatic heterocycles. The highest BCUT2D eigenvalue weighted by Crippen LogP contribution is 2.29. The molecule has 3 fully saturated rings. The van der Waals surface area contributed by atoms with Gasteiger partial charge in [0.25, 0.3) is 0 Å². The van der Waals surface area contributed by atoms with Crippen molar-refractivity contribution in [2.45, 2.75) is 44.6 Å². The minimum absolute atomic E-state index is 0.0422. The van der Waals surface area contributed by atoms with Gasteiger partial charge in [-0.3, -0.25) is 14.4 Å². The number of carbonyl (C=O) groups excluding carboxylic acids is 3. The van der Waals surface area contributed by atoms with Gasteiger partial charge >= 0.3 is 0 Å². The van der Waals surface area contributed by atoms with Crippen LogP contribution < -0.4 is 10.6 Å². The first kappa shape index (κ1) is 14.4. The lowest BCUT2D eigenvalue weighted by Crippen LogP contribution is -2.50. The quantitative estimate of drug-likeness (QED) is 0.770. The third kappa shape index (κ3) is 3.54. The molecule has 0 radical (unpaired) electrons. The zero-order valence-electron chi connectivity index (χ0n) is 12.3. The molecule has 2 N–H and O–H groups in total. The van der Waals surface area contributed by atoms with E-state index < -0.39 is 0 Å². The number of nitrogens with one attached hydrogen (secondary N) is 2. The molecule has 6 heteroatoms. The third-order valence-corrected chi connectivity index (χ3v) is 4.72. The van der Waals surface area contributed by atoms with Gasteiger partial charge in [0.05, 0.1) is 5.92 Å². The molecule has 1 atom stereocenters.